The Balaban J connectivity index is 1.43. The van der Waals surface area contributed by atoms with Crippen LogP contribution >= 0.6 is 11.3 Å². The molecule has 0 aliphatic carbocycles. The summed E-state index contributed by atoms with van der Waals surface area (Å²) >= 11 is 1.48. The number of nitrogens with zero attached hydrogens (tertiary/aromatic N) is 9. The monoisotopic (exact) mass is 540 g/mol. The van der Waals surface area contributed by atoms with Crippen LogP contribution in [0.25, 0.3) is 0 Å². The van der Waals surface area contributed by atoms with E-state index >= 15 is 0 Å². The number of fused-ring (bicyclic) bond motifs is 1. The summed E-state index contributed by atoms with van der Waals surface area (Å²) < 4.78 is 5.54. The Morgan fingerprint density at radius 1 is 1.16 bits per heavy atom. The Morgan fingerprint density at radius 3 is 2.63 bits per heavy atom. The van der Waals surface area contributed by atoms with Crippen molar-refractivity contribution in [3.8, 4) is 0 Å². The van der Waals surface area contributed by atoms with E-state index in [1.165, 1.54) is 11.3 Å². The number of aromatic nitrogens is 3. The highest BCUT2D eigenvalue weighted by Gasteiger charge is 2.32. The van der Waals surface area contributed by atoms with Gasteiger partial charge < -0.3 is 30.1 Å². The third-order valence-corrected chi connectivity index (χ3v) is 8.14. The SMILES string of the molecule is CCN1CCN(C(=O)c2csc(N3CCc4c(C(C)C=NC(N)=NC)nc(N5CCOCC5)nc43)n2)CC1. The molecule has 5 heterocycles. The van der Waals surface area contributed by atoms with Gasteiger partial charge in [-0.2, -0.15) is 4.98 Å². The maximum Gasteiger partial charge on any atom is 0.273 e. The van der Waals surface area contributed by atoms with E-state index in [9.17, 15) is 4.79 Å². The van der Waals surface area contributed by atoms with Crippen molar-refractivity contribution in [2.45, 2.75) is 26.2 Å². The molecule has 38 heavy (non-hydrogen) atoms. The van der Waals surface area contributed by atoms with Crippen LogP contribution in [-0.4, -0.2) is 115 Å². The van der Waals surface area contributed by atoms with Crippen LogP contribution in [0.4, 0.5) is 16.9 Å². The van der Waals surface area contributed by atoms with Gasteiger partial charge in [0.05, 0.1) is 18.9 Å². The highest BCUT2D eigenvalue weighted by atomic mass is 32.1. The second-order valence-corrected chi connectivity index (χ2v) is 10.4. The van der Waals surface area contributed by atoms with Crippen LogP contribution in [-0.2, 0) is 11.2 Å². The third-order valence-electron chi connectivity index (χ3n) is 7.28. The topological polar surface area (TPSA) is 129 Å². The summed E-state index contributed by atoms with van der Waals surface area (Å²) in [5.41, 5.74) is 8.30. The minimum Gasteiger partial charge on any atom is -0.378 e. The number of morpholine rings is 1. The number of aliphatic imine (C=N–C) groups is 2. The van der Waals surface area contributed by atoms with E-state index in [2.05, 4.69) is 38.5 Å². The first-order valence-electron chi connectivity index (χ1n) is 13.2. The quantitative estimate of drug-likeness (QED) is 0.426. The maximum atomic E-state index is 13.2. The van der Waals surface area contributed by atoms with Gasteiger partial charge in [-0.25, -0.2) is 15.0 Å². The average molecular weight is 541 g/mol. The van der Waals surface area contributed by atoms with Crippen molar-refractivity contribution < 1.29 is 9.53 Å². The molecule has 13 heteroatoms. The van der Waals surface area contributed by atoms with Gasteiger partial charge in [0.1, 0.15) is 11.5 Å². The van der Waals surface area contributed by atoms with Crippen molar-refractivity contribution in [2.75, 3.05) is 82.4 Å². The Kier molecular flexibility index (Phi) is 8.15. The molecule has 3 aliphatic heterocycles. The lowest BCUT2D eigenvalue weighted by molar-refractivity contribution is 0.0638. The second-order valence-electron chi connectivity index (χ2n) is 9.60. The number of carbonyl (C=O) groups excluding carboxylic acids is 1. The van der Waals surface area contributed by atoms with Crippen LogP contribution in [0.5, 0.6) is 0 Å². The molecule has 3 aliphatic rings. The molecule has 1 unspecified atom stereocenters. The largest absolute Gasteiger partial charge is 0.378 e. The molecule has 2 saturated heterocycles. The summed E-state index contributed by atoms with van der Waals surface area (Å²) in [5, 5.41) is 2.65. The maximum absolute atomic E-state index is 13.2. The van der Waals surface area contributed by atoms with Crippen LogP contribution < -0.4 is 15.5 Å². The van der Waals surface area contributed by atoms with Crippen molar-refractivity contribution in [2.24, 2.45) is 15.7 Å². The zero-order valence-electron chi connectivity index (χ0n) is 22.3. The molecule has 204 valence electrons. The summed E-state index contributed by atoms with van der Waals surface area (Å²) in [6.07, 6.45) is 2.57. The Labute approximate surface area is 227 Å². The summed E-state index contributed by atoms with van der Waals surface area (Å²) in [6, 6.07) is 0. The summed E-state index contributed by atoms with van der Waals surface area (Å²) in [5.74, 6) is 1.67. The van der Waals surface area contributed by atoms with Gasteiger partial charge in [0.15, 0.2) is 5.13 Å². The van der Waals surface area contributed by atoms with Gasteiger partial charge in [0.25, 0.3) is 5.91 Å². The number of rotatable bonds is 6. The predicted molar refractivity (Wildman–Crippen MR) is 150 cm³/mol. The van der Waals surface area contributed by atoms with Crippen molar-refractivity contribution in [1.82, 2.24) is 24.8 Å². The Bertz CT molecular complexity index is 1200. The summed E-state index contributed by atoms with van der Waals surface area (Å²) in [7, 11) is 1.62. The molecule has 0 saturated carbocycles. The molecule has 0 bridgehead atoms. The molecular weight excluding hydrogens is 504 g/mol. The normalized spacial score (nSPS) is 19.9. The lowest BCUT2D eigenvalue weighted by Gasteiger charge is -2.33. The van der Waals surface area contributed by atoms with Crippen molar-refractivity contribution >= 4 is 46.3 Å². The predicted octanol–water partition coefficient (Wildman–Crippen LogP) is 1.36. The number of nitrogens with two attached hydrogens (primary N) is 1. The minimum atomic E-state index is -0.0815. The number of ether oxygens (including phenoxy) is 1. The molecule has 0 spiro atoms. The molecule has 1 amide bonds. The van der Waals surface area contributed by atoms with Crippen molar-refractivity contribution in [3.05, 3.63) is 22.3 Å². The van der Waals surface area contributed by atoms with E-state index < -0.39 is 0 Å². The van der Waals surface area contributed by atoms with Gasteiger partial charge in [0, 0.05) is 75.9 Å². The first-order valence-corrected chi connectivity index (χ1v) is 14.1. The zero-order valence-corrected chi connectivity index (χ0v) is 23.2. The number of thiazole rings is 1. The van der Waals surface area contributed by atoms with E-state index in [1.807, 2.05) is 10.3 Å². The van der Waals surface area contributed by atoms with Crippen LogP contribution in [0.15, 0.2) is 15.4 Å². The standard InChI is InChI=1S/C25H36N10O2S/c1-4-32-7-9-33(10-8-32)22(36)19-16-38-25(29-19)35-6-5-18-20(17(2)15-28-23(26)27-3)30-24(31-21(18)35)34-11-13-37-14-12-34/h15-17H,4-14H2,1-3H3,(H2,26,27). The fourth-order valence-electron chi connectivity index (χ4n) is 4.97. The number of hydrogen-bond acceptors (Lipinski definition) is 10. The van der Waals surface area contributed by atoms with Crippen molar-refractivity contribution in [1.29, 1.82) is 0 Å². The van der Waals surface area contributed by atoms with E-state index in [0.29, 0.717) is 24.9 Å². The van der Waals surface area contributed by atoms with E-state index in [0.717, 1.165) is 81.0 Å². The molecule has 1 atom stereocenters. The molecule has 0 aromatic carbocycles. The van der Waals surface area contributed by atoms with Crippen LogP contribution in [0, 0.1) is 0 Å². The fourth-order valence-corrected chi connectivity index (χ4v) is 5.80. The molecule has 2 aromatic heterocycles. The van der Waals surface area contributed by atoms with Gasteiger partial charge in [-0.05, 0) is 13.0 Å². The lowest BCUT2D eigenvalue weighted by Crippen LogP contribution is -2.48. The van der Waals surface area contributed by atoms with Crippen LogP contribution in [0.3, 0.4) is 0 Å². The molecule has 12 nitrogen and oxygen atoms in total. The molecule has 2 N–H and O–H groups in total. The molecule has 2 fully saturated rings. The Morgan fingerprint density at radius 2 is 1.92 bits per heavy atom. The van der Waals surface area contributed by atoms with Gasteiger partial charge in [-0.3, -0.25) is 9.79 Å². The smallest absolute Gasteiger partial charge is 0.273 e. The highest BCUT2D eigenvalue weighted by molar-refractivity contribution is 7.14. The van der Waals surface area contributed by atoms with Gasteiger partial charge in [-0.15, -0.1) is 11.3 Å². The number of likely N-dealkylation sites (N-methyl/N-ethyl adjacent to an activating group) is 1. The number of guanidine groups is 1. The summed E-state index contributed by atoms with van der Waals surface area (Å²) in [6.45, 7) is 12.0. The fraction of sp³-hybridized carbons (Fsp3) is 0.600. The number of anilines is 3. The molecule has 5 rings (SSSR count). The first-order chi connectivity index (χ1) is 18.5. The van der Waals surface area contributed by atoms with E-state index in [4.69, 9.17) is 25.4 Å². The number of amides is 1. The number of carbonyl (C=O) groups is 1. The van der Waals surface area contributed by atoms with Gasteiger partial charge >= 0.3 is 0 Å². The van der Waals surface area contributed by atoms with Crippen molar-refractivity contribution in [3.63, 3.8) is 0 Å². The van der Waals surface area contributed by atoms with E-state index in [-0.39, 0.29) is 17.8 Å². The average Bonchev–Trinajstić information content (AvgIpc) is 3.62. The summed E-state index contributed by atoms with van der Waals surface area (Å²) in [4.78, 5) is 44.7. The van der Waals surface area contributed by atoms with E-state index in [1.54, 1.807) is 13.3 Å². The van der Waals surface area contributed by atoms with Crippen LogP contribution in [0.1, 0.15) is 41.5 Å². The Hall–Kier alpha value is -3.16. The van der Waals surface area contributed by atoms with Gasteiger partial charge in [0.2, 0.25) is 11.9 Å². The first kappa shape index (κ1) is 26.4. The van der Waals surface area contributed by atoms with Crippen LogP contribution in [0.2, 0.25) is 0 Å². The molecular formula is C25H36N10O2S. The highest BCUT2D eigenvalue weighted by Crippen LogP contribution is 2.39. The second kappa shape index (κ2) is 11.7. The van der Waals surface area contributed by atoms with Gasteiger partial charge in [-0.1, -0.05) is 13.8 Å². The lowest BCUT2D eigenvalue weighted by atomic mass is 10.0. The zero-order chi connectivity index (χ0) is 26.6. The molecule has 2 aromatic rings. The minimum absolute atomic E-state index is 0.0000618. The third kappa shape index (κ3) is 5.49. The molecule has 0 radical (unpaired) electrons. The number of hydrogen-bond donors (Lipinski definition) is 1. The number of piperazine rings is 1.